The Labute approximate surface area is 177 Å². The van der Waals surface area contributed by atoms with Gasteiger partial charge in [0.05, 0.1) is 17.8 Å². The minimum absolute atomic E-state index is 0.101. The van der Waals surface area contributed by atoms with E-state index in [0.29, 0.717) is 22.8 Å². The fraction of sp³-hybridized carbons (Fsp3) is 0.182. The second kappa shape index (κ2) is 7.75. The van der Waals surface area contributed by atoms with Crippen molar-refractivity contribution in [3.8, 4) is 11.3 Å². The van der Waals surface area contributed by atoms with Crippen molar-refractivity contribution in [2.45, 2.75) is 6.17 Å². The smallest absolute Gasteiger partial charge is 0.257 e. The molecule has 0 saturated heterocycles. The van der Waals surface area contributed by atoms with Gasteiger partial charge in [-0.3, -0.25) is 9.59 Å². The molecule has 1 aliphatic rings. The normalized spacial score (nSPS) is 16.0. The van der Waals surface area contributed by atoms with E-state index < -0.39 is 6.17 Å². The summed E-state index contributed by atoms with van der Waals surface area (Å²) in [5.41, 5.74) is 2.21. The fourth-order valence-corrected chi connectivity index (χ4v) is 3.82. The van der Waals surface area contributed by atoms with Crippen molar-refractivity contribution in [2.75, 3.05) is 25.5 Å². The highest BCUT2D eigenvalue weighted by Gasteiger charge is 2.38. The van der Waals surface area contributed by atoms with Gasteiger partial charge in [-0.15, -0.1) is 0 Å². The number of nitrogens with one attached hydrogen (secondary N) is 1. The highest BCUT2D eigenvalue weighted by Crippen LogP contribution is 2.39. The average molecular weight is 454 g/mol. The molecule has 148 valence electrons. The zero-order chi connectivity index (χ0) is 20.5. The fourth-order valence-electron chi connectivity index (χ4n) is 3.56. The van der Waals surface area contributed by atoms with Crippen LogP contribution in [-0.2, 0) is 4.79 Å². The van der Waals surface area contributed by atoms with Crippen molar-refractivity contribution in [3.05, 3.63) is 76.5 Å². The van der Waals surface area contributed by atoms with E-state index in [1.807, 2.05) is 59.5 Å². The summed E-state index contributed by atoms with van der Waals surface area (Å²) in [7, 11) is 3.32. The summed E-state index contributed by atoms with van der Waals surface area (Å²) in [6.07, 6.45) is -0.529. The Morgan fingerprint density at radius 3 is 2.55 bits per heavy atom. The molecule has 2 amide bonds. The molecule has 1 aliphatic heterocycles. The van der Waals surface area contributed by atoms with E-state index in [-0.39, 0.29) is 18.4 Å². The van der Waals surface area contributed by atoms with Gasteiger partial charge in [0.2, 0.25) is 5.91 Å². The van der Waals surface area contributed by atoms with Gasteiger partial charge in [0.25, 0.3) is 5.91 Å². The molecule has 29 heavy (non-hydrogen) atoms. The number of halogens is 1. The van der Waals surface area contributed by atoms with E-state index in [9.17, 15) is 9.59 Å². The molecule has 0 bridgehead atoms. The summed E-state index contributed by atoms with van der Waals surface area (Å²) >= 11 is 3.43. The van der Waals surface area contributed by atoms with Crippen LogP contribution in [0.2, 0.25) is 0 Å². The standard InChI is InChI=1S/C22H20BrN3O3/c1-24-20(27)13-26-17-6-4-3-5-16(17)22(28)25(2)21(26)19-12-11-18(29-19)14-7-9-15(23)10-8-14/h3-12,21H,13H2,1-2H3,(H,24,27)/t21-/m1/s1. The van der Waals surface area contributed by atoms with Crippen LogP contribution in [0.4, 0.5) is 5.69 Å². The lowest BCUT2D eigenvalue weighted by Crippen LogP contribution is -2.50. The summed E-state index contributed by atoms with van der Waals surface area (Å²) in [4.78, 5) is 28.7. The Hall–Kier alpha value is -3.06. The van der Waals surface area contributed by atoms with Gasteiger partial charge in [-0.05, 0) is 36.4 Å². The number of furan rings is 1. The molecule has 1 atom stereocenters. The van der Waals surface area contributed by atoms with Gasteiger partial charge >= 0.3 is 0 Å². The number of nitrogens with zero attached hydrogens (tertiary/aromatic N) is 2. The predicted octanol–water partition coefficient (Wildman–Crippen LogP) is 4.05. The number of fused-ring (bicyclic) bond motifs is 1. The molecular formula is C22H20BrN3O3. The van der Waals surface area contributed by atoms with Crippen LogP contribution in [0.15, 0.2) is 69.6 Å². The van der Waals surface area contributed by atoms with Crippen molar-refractivity contribution in [2.24, 2.45) is 0 Å². The maximum Gasteiger partial charge on any atom is 0.257 e. The molecule has 1 aromatic heterocycles. The van der Waals surface area contributed by atoms with Crippen LogP contribution in [-0.4, -0.2) is 37.4 Å². The van der Waals surface area contributed by atoms with Crippen molar-refractivity contribution in [1.29, 1.82) is 0 Å². The third kappa shape index (κ3) is 3.53. The molecule has 2 heterocycles. The maximum absolute atomic E-state index is 13.0. The molecule has 2 aromatic carbocycles. The summed E-state index contributed by atoms with van der Waals surface area (Å²) in [6.45, 7) is 0.101. The van der Waals surface area contributed by atoms with Crippen LogP contribution in [0, 0.1) is 0 Å². The summed E-state index contributed by atoms with van der Waals surface area (Å²) in [5.74, 6) is 1.04. The van der Waals surface area contributed by atoms with Gasteiger partial charge in [-0.1, -0.05) is 40.2 Å². The number of rotatable bonds is 4. The van der Waals surface area contributed by atoms with Crippen LogP contribution in [0.3, 0.4) is 0 Å². The van der Waals surface area contributed by atoms with Gasteiger partial charge in [-0.25, -0.2) is 0 Å². The Bertz CT molecular complexity index is 1060. The number of anilines is 1. The SMILES string of the molecule is CNC(=O)CN1c2ccccc2C(=O)N(C)[C@H]1c1ccc(-c2ccc(Br)cc2)o1. The highest BCUT2D eigenvalue weighted by atomic mass is 79.9. The third-order valence-corrected chi connectivity index (χ3v) is 5.56. The quantitative estimate of drug-likeness (QED) is 0.646. The lowest BCUT2D eigenvalue weighted by atomic mass is 10.0. The number of hydrogen-bond acceptors (Lipinski definition) is 4. The third-order valence-electron chi connectivity index (χ3n) is 5.03. The maximum atomic E-state index is 13.0. The predicted molar refractivity (Wildman–Crippen MR) is 115 cm³/mol. The second-order valence-corrected chi connectivity index (χ2v) is 7.73. The number of amides is 2. The number of likely N-dealkylation sites (N-methyl/N-ethyl adjacent to an activating group) is 1. The zero-order valence-corrected chi connectivity index (χ0v) is 17.6. The first kappa shape index (κ1) is 19.3. The molecule has 0 saturated carbocycles. The van der Waals surface area contributed by atoms with E-state index in [0.717, 1.165) is 10.0 Å². The van der Waals surface area contributed by atoms with Crippen LogP contribution in [0.25, 0.3) is 11.3 Å². The Balaban J connectivity index is 1.77. The number of carbonyl (C=O) groups is 2. The first-order valence-electron chi connectivity index (χ1n) is 9.18. The Kier molecular flexibility index (Phi) is 5.15. The monoisotopic (exact) mass is 453 g/mol. The van der Waals surface area contributed by atoms with Crippen LogP contribution in [0.1, 0.15) is 22.3 Å². The number of hydrogen-bond donors (Lipinski definition) is 1. The van der Waals surface area contributed by atoms with E-state index in [2.05, 4.69) is 21.2 Å². The van der Waals surface area contributed by atoms with Gasteiger partial charge in [0.1, 0.15) is 11.5 Å². The number of carbonyl (C=O) groups excluding carboxylic acids is 2. The minimum atomic E-state index is -0.529. The van der Waals surface area contributed by atoms with Crippen LogP contribution < -0.4 is 10.2 Å². The van der Waals surface area contributed by atoms with Crippen LogP contribution in [0.5, 0.6) is 0 Å². The molecule has 6 nitrogen and oxygen atoms in total. The number of para-hydroxylation sites is 1. The van der Waals surface area contributed by atoms with E-state index in [1.165, 1.54) is 0 Å². The van der Waals surface area contributed by atoms with Crippen LogP contribution >= 0.6 is 15.9 Å². The van der Waals surface area contributed by atoms with Crippen molar-refractivity contribution >= 4 is 33.4 Å². The Morgan fingerprint density at radius 2 is 1.83 bits per heavy atom. The highest BCUT2D eigenvalue weighted by molar-refractivity contribution is 9.10. The topological polar surface area (TPSA) is 65.8 Å². The zero-order valence-electron chi connectivity index (χ0n) is 16.1. The molecule has 0 fully saturated rings. The molecule has 7 heteroatoms. The number of benzene rings is 2. The Morgan fingerprint density at radius 1 is 1.10 bits per heavy atom. The van der Waals surface area contributed by atoms with Gasteiger partial charge < -0.3 is 19.5 Å². The molecule has 0 aliphatic carbocycles. The molecular weight excluding hydrogens is 434 g/mol. The summed E-state index contributed by atoms with van der Waals surface area (Å²) in [5, 5.41) is 2.66. The molecule has 0 radical (unpaired) electrons. The van der Waals surface area contributed by atoms with Crippen molar-refractivity contribution < 1.29 is 14.0 Å². The van der Waals surface area contributed by atoms with E-state index >= 15 is 0 Å². The minimum Gasteiger partial charge on any atom is -0.457 e. The van der Waals surface area contributed by atoms with E-state index in [1.54, 1.807) is 25.1 Å². The lowest BCUT2D eigenvalue weighted by Gasteiger charge is -2.42. The van der Waals surface area contributed by atoms with Crippen molar-refractivity contribution in [3.63, 3.8) is 0 Å². The second-order valence-electron chi connectivity index (χ2n) is 6.82. The summed E-state index contributed by atoms with van der Waals surface area (Å²) < 4.78 is 7.13. The molecule has 0 unspecified atom stereocenters. The molecule has 4 rings (SSSR count). The average Bonchev–Trinajstić information content (AvgIpc) is 3.22. The molecule has 1 N–H and O–H groups in total. The molecule has 3 aromatic rings. The van der Waals surface area contributed by atoms with E-state index in [4.69, 9.17) is 4.42 Å². The van der Waals surface area contributed by atoms with Crippen molar-refractivity contribution in [1.82, 2.24) is 10.2 Å². The first-order valence-corrected chi connectivity index (χ1v) is 9.98. The molecule has 0 spiro atoms. The van der Waals surface area contributed by atoms with Gasteiger partial charge in [0.15, 0.2) is 6.17 Å². The summed E-state index contributed by atoms with van der Waals surface area (Å²) in [6, 6.07) is 18.9. The van der Waals surface area contributed by atoms with Gasteiger partial charge in [0, 0.05) is 24.1 Å². The van der Waals surface area contributed by atoms with Gasteiger partial charge in [-0.2, -0.15) is 0 Å². The largest absolute Gasteiger partial charge is 0.457 e. The lowest BCUT2D eigenvalue weighted by molar-refractivity contribution is -0.119. The first-order chi connectivity index (χ1) is 14.0.